The van der Waals surface area contributed by atoms with E-state index in [1.54, 1.807) is 0 Å². The molecule has 0 radical (unpaired) electrons. The van der Waals surface area contributed by atoms with Crippen LogP contribution in [0.5, 0.6) is 0 Å². The van der Waals surface area contributed by atoms with Crippen LogP contribution < -0.4 is 0 Å². The van der Waals surface area contributed by atoms with Crippen LogP contribution in [0.4, 0.5) is 0 Å². The van der Waals surface area contributed by atoms with E-state index < -0.39 is 6.10 Å². The van der Waals surface area contributed by atoms with Gasteiger partial charge in [0.15, 0.2) is 0 Å². The van der Waals surface area contributed by atoms with Gasteiger partial charge in [0.2, 0.25) is 0 Å². The number of benzene rings is 3. The van der Waals surface area contributed by atoms with E-state index in [1.807, 2.05) is 36.4 Å². The molecule has 3 rings (SSSR count). The zero-order valence-corrected chi connectivity index (χ0v) is 12.5. The van der Waals surface area contributed by atoms with E-state index in [1.165, 1.54) is 10.8 Å². The maximum atomic E-state index is 10.3. The summed E-state index contributed by atoms with van der Waals surface area (Å²) in [6, 6.07) is 22.5. The molecule has 3 aromatic rings. The lowest BCUT2D eigenvalue weighted by molar-refractivity contribution is 0.178. The number of hydrogen-bond acceptors (Lipinski definition) is 1. The van der Waals surface area contributed by atoms with E-state index in [4.69, 9.17) is 0 Å². The van der Waals surface area contributed by atoms with Gasteiger partial charge in [-0.15, -0.1) is 0 Å². The van der Waals surface area contributed by atoms with Crippen LogP contribution in [0.2, 0.25) is 0 Å². The molecule has 0 spiro atoms. The number of hydrogen-bond donors (Lipinski definition) is 1. The van der Waals surface area contributed by atoms with Gasteiger partial charge in [-0.05, 0) is 34.0 Å². The van der Waals surface area contributed by atoms with Gasteiger partial charge in [-0.3, -0.25) is 0 Å². The number of aliphatic hydroxyl groups excluding tert-OH is 1. The van der Waals surface area contributed by atoms with E-state index in [0.717, 1.165) is 15.6 Å². The third kappa shape index (κ3) is 2.92. The first-order valence-corrected chi connectivity index (χ1v) is 7.43. The van der Waals surface area contributed by atoms with Crippen LogP contribution in [0, 0.1) is 0 Å². The SMILES string of the molecule is OC(Cc1ccc2ccccc2c1)c1cccc(Br)c1. The molecule has 0 heterocycles. The summed E-state index contributed by atoms with van der Waals surface area (Å²) < 4.78 is 0.993. The third-order valence-corrected chi connectivity index (χ3v) is 3.97. The number of rotatable bonds is 3. The van der Waals surface area contributed by atoms with Crippen molar-refractivity contribution in [1.82, 2.24) is 0 Å². The first-order valence-electron chi connectivity index (χ1n) is 6.63. The minimum absolute atomic E-state index is 0.478. The quantitative estimate of drug-likeness (QED) is 0.727. The highest BCUT2D eigenvalue weighted by Crippen LogP contribution is 2.23. The largest absolute Gasteiger partial charge is 0.388 e. The smallest absolute Gasteiger partial charge is 0.0830 e. The van der Waals surface area contributed by atoms with Crippen molar-refractivity contribution in [3.8, 4) is 0 Å². The first kappa shape index (κ1) is 13.3. The highest BCUT2D eigenvalue weighted by atomic mass is 79.9. The Morgan fingerprint density at radius 3 is 2.45 bits per heavy atom. The minimum atomic E-state index is -0.478. The third-order valence-electron chi connectivity index (χ3n) is 3.48. The van der Waals surface area contributed by atoms with Crippen molar-refractivity contribution in [3.63, 3.8) is 0 Å². The highest BCUT2D eigenvalue weighted by Gasteiger charge is 2.09. The van der Waals surface area contributed by atoms with E-state index in [2.05, 4.69) is 46.3 Å². The molecule has 20 heavy (non-hydrogen) atoms. The summed E-state index contributed by atoms with van der Waals surface area (Å²) in [7, 11) is 0. The van der Waals surface area contributed by atoms with Crippen molar-refractivity contribution in [1.29, 1.82) is 0 Å². The molecule has 0 fully saturated rings. The number of fused-ring (bicyclic) bond motifs is 1. The predicted octanol–water partition coefficient (Wildman–Crippen LogP) is 4.88. The van der Waals surface area contributed by atoms with Crippen molar-refractivity contribution < 1.29 is 5.11 Å². The van der Waals surface area contributed by atoms with Gasteiger partial charge in [-0.2, -0.15) is 0 Å². The van der Waals surface area contributed by atoms with Crippen LogP contribution in [-0.4, -0.2) is 5.11 Å². The summed E-state index contributed by atoms with van der Waals surface area (Å²) in [5.41, 5.74) is 2.09. The Morgan fingerprint density at radius 2 is 1.65 bits per heavy atom. The topological polar surface area (TPSA) is 20.2 Å². The Kier molecular flexibility index (Phi) is 3.86. The summed E-state index contributed by atoms with van der Waals surface area (Å²) >= 11 is 3.44. The van der Waals surface area contributed by atoms with Gasteiger partial charge in [0.25, 0.3) is 0 Å². The molecular weight excluding hydrogens is 312 g/mol. The molecule has 1 unspecified atom stereocenters. The van der Waals surface area contributed by atoms with Crippen LogP contribution >= 0.6 is 15.9 Å². The number of aliphatic hydroxyl groups is 1. The molecule has 1 nitrogen and oxygen atoms in total. The average Bonchev–Trinajstić information content (AvgIpc) is 2.47. The Balaban J connectivity index is 1.85. The highest BCUT2D eigenvalue weighted by molar-refractivity contribution is 9.10. The van der Waals surface area contributed by atoms with Crippen molar-refractivity contribution in [2.75, 3.05) is 0 Å². The molecule has 2 heteroatoms. The molecule has 0 aliphatic heterocycles. The normalized spacial score (nSPS) is 12.5. The van der Waals surface area contributed by atoms with Crippen LogP contribution in [0.15, 0.2) is 71.2 Å². The molecule has 100 valence electrons. The van der Waals surface area contributed by atoms with Crippen LogP contribution in [0.25, 0.3) is 10.8 Å². The minimum Gasteiger partial charge on any atom is -0.388 e. The molecule has 0 aliphatic carbocycles. The van der Waals surface area contributed by atoms with E-state index in [-0.39, 0.29) is 0 Å². The molecule has 1 atom stereocenters. The molecule has 0 aliphatic rings. The lowest BCUT2D eigenvalue weighted by Crippen LogP contribution is -2.01. The van der Waals surface area contributed by atoms with Gasteiger partial charge in [0, 0.05) is 10.9 Å². The fourth-order valence-electron chi connectivity index (χ4n) is 2.42. The molecule has 0 aromatic heterocycles. The molecule has 0 amide bonds. The Labute approximate surface area is 127 Å². The maximum absolute atomic E-state index is 10.3. The average molecular weight is 327 g/mol. The second kappa shape index (κ2) is 5.78. The summed E-state index contributed by atoms with van der Waals surface area (Å²) in [5.74, 6) is 0. The monoisotopic (exact) mass is 326 g/mol. The molecule has 0 bridgehead atoms. The van der Waals surface area contributed by atoms with Crippen molar-refractivity contribution in [2.24, 2.45) is 0 Å². The van der Waals surface area contributed by atoms with Crippen LogP contribution in [0.3, 0.4) is 0 Å². The molecule has 0 saturated heterocycles. The van der Waals surface area contributed by atoms with Crippen molar-refractivity contribution in [3.05, 3.63) is 82.3 Å². The van der Waals surface area contributed by atoms with Crippen molar-refractivity contribution >= 4 is 26.7 Å². The van der Waals surface area contributed by atoms with Gasteiger partial charge in [-0.25, -0.2) is 0 Å². The summed E-state index contributed by atoms with van der Waals surface area (Å²) in [4.78, 5) is 0. The summed E-state index contributed by atoms with van der Waals surface area (Å²) in [6.07, 6.45) is 0.148. The van der Waals surface area contributed by atoms with E-state index in [9.17, 15) is 5.11 Å². The molecule has 0 saturated carbocycles. The van der Waals surface area contributed by atoms with Gasteiger partial charge >= 0.3 is 0 Å². The van der Waals surface area contributed by atoms with Gasteiger partial charge in [0.1, 0.15) is 0 Å². The van der Waals surface area contributed by atoms with E-state index in [0.29, 0.717) is 6.42 Å². The molecule has 3 aromatic carbocycles. The fourth-order valence-corrected chi connectivity index (χ4v) is 2.84. The second-order valence-corrected chi connectivity index (χ2v) is 5.87. The predicted molar refractivity (Wildman–Crippen MR) is 86.8 cm³/mol. The zero-order chi connectivity index (χ0) is 13.9. The molecule has 1 N–H and O–H groups in total. The van der Waals surface area contributed by atoms with Gasteiger partial charge in [-0.1, -0.05) is 70.5 Å². The lowest BCUT2D eigenvalue weighted by atomic mass is 9.99. The molecular formula is C18H15BrO. The first-order chi connectivity index (χ1) is 9.72. The Morgan fingerprint density at radius 1 is 0.850 bits per heavy atom. The fraction of sp³-hybridized carbons (Fsp3) is 0.111. The van der Waals surface area contributed by atoms with E-state index >= 15 is 0 Å². The van der Waals surface area contributed by atoms with Crippen LogP contribution in [0.1, 0.15) is 17.2 Å². The van der Waals surface area contributed by atoms with Crippen molar-refractivity contribution in [2.45, 2.75) is 12.5 Å². The van der Waals surface area contributed by atoms with Gasteiger partial charge in [0.05, 0.1) is 6.10 Å². The Hall–Kier alpha value is -1.64. The summed E-state index contributed by atoms with van der Waals surface area (Å²) in [5, 5.41) is 12.8. The summed E-state index contributed by atoms with van der Waals surface area (Å²) in [6.45, 7) is 0. The standard InChI is InChI=1S/C18H15BrO/c19-17-7-3-6-16(12-17)18(20)11-13-8-9-14-4-1-2-5-15(14)10-13/h1-10,12,18,20H,11H2. The second-order valence-electron chi connectivity index (χ2n) is 4.96. The zero-order valence-electron chi connectivity index (χ0n) is 11.0. The van der Waals surface area contributed by atoms with Gasteiger partial charge < -0.3 is 5.11 Å². The van der Waals surface area contributed by atoms with Crippen LogP contribution in [-0.2, 0) is 6.42 Å². The lowest BCUT2D eigenvalue weighted by Gasteiger charge is -2.12. The Bertz CT molecular complexity index is 736. The number of halogens is 1. The maximum Gasteiger partial charge on any atom is 0.0830 e.